The van der Waals surface area contributed by atoms with Gasteiger partial charge in [0.1, 0.15) is 23.1 Å². The molecule has 0 radical (unpaired) electrons. The quantitative estimate of drug-likeness (QED) is 0.537. The third-order valence-corrected chi connectivity index (χ3v) is 8.37. The zero-order valence-electron chi connectivity index (χ0n) is 20.3. The van der Waals surface area contributed by atoms with Crippen molar-refractivity contribution in [3.63, 3.8) is 0 Å². The standard InChI is InChI=1S/C26H32N4O4S/c1-19-14-30(20(2)17-31)35(32,33)26-10-9-22(23-12-27-18-28-13-23)11-24(26)34-25(19)16-29(3)15-21-7-5-4-6-8-21/h4-13,18-20,25,31H,14-17H2,1-3H3/t19-,20-,25-/m1/s1. The van der Waals surface area contributed by atoms with E-state index in [1.54, 1.807) is 37.5 Å². The summed E-state index contributed by atoms with van der Waals surface area (Å²) in [7, 11) is -1.85. The Balaban J connectivity index is 1.72. The number of nitrogens with zero attached hydrogens (tertiary/aromatic N) is 4. The number of aliphatic hydroxyl groups is 1. The summed E-state index contributed by atoms with van der Waals surface area (Å²) in [5.41, 5.74) is 2.73. The Morgan fingerprint density at radius 2 is 1.86 bits per heavy atom. The molecule has 1 aliphatic heterocycles. The molecule has 0 fully saturated rings. The molecule has 2 aromatic carbocycles. The highest BCUT2D eigenvalue weighted by Crippen LogP contribution is 2.36. The van der Waals surface area contributed by atoms with Crippen molar-refractivity contribution in [3.8, 4) is 16.9 Å². The van der Waals surface area contributed by atoms with E-state index in [0.29, 0.717) is 12.3 Å². The van der Waals surface area contributed by atoms with Crippen LogP contribution < -0.4 is 4.74 Å². The Morgan fingerprint density at radius 1 is 1.14 bits per heavy atom. The normalized spacial score (nSPS) is 20.9. The molecule has 9 heteroatoms. The van der Waals surface area contributed by atoms with Crippen LogP contribution in [0, 0.1) is 5.92 Å². The van der Waals surface area contributed by atoms with Crippen molar-refractivity contribution >= 4 is 10.0 Å². The molecule has 2 heterocycles. The van der Waals surface area contributed by atoms with E-state index in [0.717, 1.165) is 17.7 Å². The fourth-order valence-corrected chi connectivity index (χ4v) is 6.16. The summed E-state index contributed by atoms with van der Waals surface area (Å²) in [6, 6.07) is 14.7. The lowest BCUT2D eigenvalue weighted by Gasteiger charge is -2.37. The van der Waals surface area contributed by atoms with Crippen LogP contribution in [0.4, 0.5) is 0 Å². The van der Waals surface area contributed by atoms with Gasteiger partial charge in [-0.05, 0) is 37.2 Å². The van der Waals surface area contributed by atoms with Crippen LogP contribution in [-0.2, 0) is 16.6 Å². The molecular weight excluding hydrogens is 464 g/mol. The molecule has 0 bridgehead atoms. The van der Waals surface area contributed by atoms with Crippen LogP contribution in [0.1, 0.15) is 19.4 Å². The summed E-state index contributed by atoms with van der Waals surface area (Å²) in [5, 5.41) is 9.82. The highest BCUT2D eigenvalue weighted by Gasteiger charge is 2.38. The van der Waals surface area contributed by atoms with Crippen molar-refractivity contribution < 1.29 is 18.3 Å². The third-order valence-electron chi connectivity index (χ3n) is 6.35. The summed E-state index contributed by atoms with van der Waals surface area (Å²) in [6.45, 7) is 5.06. The van der Waals surface area contributed by atoms with E-state index in [2.05, 4.69) is 27.0 Å². The van der Waals surface area contributed by atoms with E-state index in [1.165, 1.54) is 16.2 Å². The lowest BCUT2D eigenvalue weighted by atomic mass is 10.0. The van der Waals surface area contributed by atoms with E-state index in [9.17, 15) is 13.5 Å². The number of sulfonamides is 1. The Morgan fingerprint density at radius 3 is 2.54 bits per heavy atom. The predicted octanol–water partition coefficient (Wildman–Crippen LogP) is 3.04. The second-order valence-corrected chi connectivity index (χ2v) is 11.1. The van der Waals surface area contributed by atoms with Crippen LogP contribution in [-0.4, -0.2) is 71.6 Å². The zero-order chi connectivity index (χ0) is 25.0. The maximum Gasteiger partial charge on any atom is 0.247 e. The van der Waals surface area contributed by atoms with Gasteiger partial charge in [-0.3, -0.25) is 4.90 Å². The Labute approximate surface area is 207 Å². The van der Waals surface area contributed by atoms with Gasteiger partial charge in [0.2, 0.25) is 10.0 Å². The van der Waals surface area contributed by atoms with E-state index in [1.807, 2.05) is 32.2 Å². The van der Waals surface area contributed by atoms with Gasteiger partial charge in [-0.1, -0.05) is 43.3 Å². The molecule has 0 unspecified atom stereocenters. The summed E-state index contributed by atoms with van der Waals surface area (Å²) >= 11 is 0. The lowest BCUT2D eigenvalue weighted by Crippen LogP contribution is -2.49. The average Bonchev–Trinajstić information content (AvgIpc) is 2.86. The second-order valence-electron chi connectivity index (χ2n) is 9.21. The number of fused-ring (bicyclic) bond motifs is 1. The monoisotopic (exact) mass is 496 g/mol. The van der Waals surface area contributed by atoms with Gasteiger partial charge in [0.05, 0.1) is 6.61 Å². The fraction of sp³-hybridized carbons (Fsp3) is 0.385. The highest BCUT2D eigenvalue weighted by molar-refractivity contribution is 7.89. The summed E-state index contributed by atoms with van der Waals surface area (Å²) < 4.78 is 35.1. The first-order valence-corrected chi connectivity index (χ1v) is 13.1. The molecule has 0 saturated heterocycles. The first-order chi connectivity index (χ1) is 16.8. The fourth-order valence-electron chi connectivity index (χ4n) is 4.34. The van der Waals surface area contributed by atoms with Crippen molar-refractivity contribution in [2.24, 2.45) is 5.92 Å². The number of aromatic nitrogens is 2. The van der Waals surface area contributed by atoms with E-state index in [-0.39, 0.29) is 30.1 Å². The number of rotatable bonds is 7. The molecule has 0 saturated carbocycles. The minimum absolute atomic E-state index is 0.0982. The van der Waals surface area contributed by atoms with Crippen molar-refractivity contribution in [1.82, 2.24) is 19.2 Å². The summed E-state index contributed by atoms with van der Waals surface area (Å²) in [5.74, 6) is 0.181. The summed E-state index contributed by atoms with van der Waals surface area (Å²) in [6.07, 6.45) is 4.54. The number of benzene rings is 2. The molecule has 3 aromatic rings. The SMILES string of the molecule is C[C@@H]1CN([C@H](C)CO)S(=O)(=O)c2ccc(-c3cncnc3)cc2O[C@@H]1CN(C)Cc1ccccc1. The first-order valence-electron chi connectivity index (χ1n) is 11.7. The van der Waals surface area contributed by atoms with Crippen molar-refractivity contribution in [2.45, 2.75) is 37.4 Å². The van der Waals surface area contributed by atoms with Gasteiger partial charge in [-0.25, -0.2) is 18.4 Å². The lowest BCUT2D eigenvalue weighted by molar-refractivity contribution is 0.0734. The van der Waals surface area contributed by atoms with Gasteiger partial charge in [0.15, 0.2) is 0 Å². The molecule has 0 spiro atoms. The van der Waals surface area contributed by atoms with Crippen LogP contribution >= 0.6 is 0 Å². The number of hydrogen-bond donors (Lipinski definition) is 1. The topological polar surface area (TPSA) is 95.9 Å². The van der Waals surface area contributed by atoms with Crippen LogP contribution in [0.15, 0.2) is 72.1 Å². The maximum absolute atomic E-state index is 13.6. The van der Waals surface area contributed by atoms with Gasteiger partial charge < -0.3 is 9.84 Å². The minimum Gasteiger partial charge on any atom is -0.487 e. The summed E-state index contributed by atoms with van der Waals surface area (Å²) in [4.78, 5) is 10.4. The molecule has 3 atom stereocenters. The number of hydrogen-bond acceptors (Lipinski definition) is 7. The van der Waals surface area contributed by atoms with Gasteiger partial charge in [-0.2, -0.15) is 4.31 Å². The molecule has 0 aliphatic carbocycles. The van der Waals surface area contributed by atoms with Crippen LogP contribution in [0.25, 0.3) is 11.1 Å². The molecule has 8 nitrogen and oxygen atoms in total. The smallest absolute Gasteiger partial charge is 0.247 e. The second kappa shape index (κ2) is 10.8. The van der Waals surface area contributed by atoms with E-state index in [4.69, 9.17) is 4.74 Å². The van der Waals surface area contributed by atoms with Crippen molar-refractivity contribution in [3.05, 3.63) is 72.8 Å². The molecule has 35 heavy (non-hydrogen) atoms. The van der Waals surface area contributed by atoms with E-state index >= 15 is 0 Å². The molecule has 1 aromatic heterocycles. The van der Waals surface area contributed by atoms with Crippen LogP contribution in [0.3, 0.4) is 0 Å². The van der Waals surface area contributed by atoms with Gasteiger partial charge in [-0.15, -0.1) is 0 Å². The Hall–Kier alpha value is -2.85. The van der Waals surface area contributed by atoms with Crippen molar-refractivity contribution in [1.29, 1.82) is 0 Å². The molecule has 1 aliphatic rings. The van der Waals surface area contributed by atoms with Crippen LogP contribution in [0.5, 0.6) is 5.75 Å². The first kappa shape index (κ1) is 25.2. The number of ether oxygens (including phenoxy) is 1. The molecule has 186 valence electrons. The largest absolute Gasteiger partial charge is 0.487 e. The van der Waals surface area contributed by atoms with Crippen molar-refractivity contribution in [2.75, 3.05) is 26.7 Å². The Kier molecular flexibility index (Phi) is 7.81. The van der Waals surface area contributed by atoms with Gasteiger partial charge >= 0.3 is 0 Å². The molecule has 1 N–H and O–H groups in total. The number of likely N-dealkylation sites (N-methyl/N-ethyl adjacent to an activating group) is 1. The van der Waals surface area contributed by atoms with Gasteiger partial charge in [0, 0.05) is 49.6 Å². The van der Waals surface area contributed by atoms with E-state index < -0.39 is 16.1 Å². The molecular formula is C26H32N4O4S. The zero-order valence-corrected chi connectivity index (χ0v) is 21.1. The highest BCUT2D eigenvalue weighted by atomic mass is 32.2. The molecule has 0 amide bonds. The molecule has 4 rings (SSSR count). The average molecular weight is 497 g/mol. The minimum atomic E-state index is -3.88. The third kappa shape index (κ3) is 5.70. The predicted molar refractivity (Wildman–Crippen MR) is 134 cm³/mol. The Bertz CT molecular complexity index is 1220. The van der Waals surface area contributed by atoms with Gasteiger partial charge in [0.25, 0.3) is 0 Å². The maximum atomic E-state index is 13.6. The number of aliphatic hydroxyl groups excluding tert-OH is 1. The van der Waals surface area contributed by atoms with Crippen LogP contribution in [0.2, 0.25) is 0 Å².